The number of hydrogen-bond acceptors (Lipinski definition) is 25. The van der Waals surface area contributed by atoms with Gasteiger partial charge >= 0.3 is 10.4 Å². The molecule has 4 heterocycles. The van der Waals surface area contributed by atoms with E-state index in [0.717, 1.165) is 32.6 Å². The third-order valence-electron chi connectivity index (χ3n) is 13.2. The molecule has 15 N–H and O–H groups in total. The molecule has 29 heteroatoms. The number of ether oxygens (including phenoxy) is 8. The Labute approximate surface area is 429 Å². The number of nitrogens with one attached hydrogen (secondary N) is 2. The number of rotatable bonds is 32. The summed E-state index contributed by atoms with van der Waals surface area (Å²) in [6.45, 7) is -1.32. The van der Waals surface area contributed by atoms with Crippen molar-refractivity contribution < 1.29 is 126 Å². The van der Waals surface area contributed by atoms with Crippen LogP contribution in [-0.4, -0.2) is 255 Å². The molecule has 4 fully saturated rings. The summed E-state index contributed by atoms with van der Waals surface area (Å²) in [5.74, 6) is -0.865. The lowest BCUT2D eigenvalue weighted by molar-refractivity contribution is -0.378. The monoisotopic (exact) mass is 1100 g/mol. The highest BCUT2D eigenvalue weighted by Gasteiger charge is 2.57. The number of unbranched alkanes of at least 4 members (excludes halogenated alkanes) is 11. The fraction of sp³-hybridized carbons (Fsp3) is 0.911. The number of allylic oxidation sites excluding steroid dienone is 1. The molecule has 4 aliphatic rings. The first kappa shape index (κ1) is 64.3. The van der Waals surface area contributed by atoms with Crippen LogP contribution in [0.5, 0.6) is 0 Å². The van der Waals surface area contributed by atoms with Crippen molar-refractivity contribution in [2.24, 2.45) is 0 Å². The van der Waals surface area contributed by atoms with E-state index in [4.69, 9.17) is 42.1 Å². The number of aliphatic hydroxyl groups is 12. The van der Waals surface area contributed by atoms with Gasteiger partial charge in [-0.1, -0.05) is 83.3 Å². The Hall–Kier alpha value is -2.25. The van der Waals surface area contributed by atoms with Gasteiger partial charge in [-0.3, -0.25) is 14.1 Å². The molecule has 0 saturated carbocycles. The van der Waals surface area contributed by atoms with Gasteiger partial charge in [-0.15, -0.1) is 0 Å². The quantitative estimate of drug-likeness (QED) is 0.0130. The number of aliphatic hydroxyl groups excluding tert-OH is 12. The van der Waals surface area contributed by atoms with Crippen molar-refractivity contribution >= 4 is 22.7 Å². The average Bonchev–Trinajstić information content (AvgIpc) is 3.36. The van der Waals surface area contributed by atoms with Crippen LogP contribution in [0.3, 0.4) is 0 Å². The lowest BCUT2D eigenvalue weighted by atomic mass is 9.94. The zero-order valence-corrected chi connectivity index (χ0v) is 42.3. The van der Waals surface area contributed by atoms with E-state index in [0.29, 0.717) is 12.8 Å². The minimum absolute atomic E-state index is 0.324. The normalized spacial score (nSPS) is 37.9. The van der Waals surface area contributed by atoms with Crippen molar-refractivity contribution in [3.63, 3.8) is 0 Å². The van der Waals surface area contributed by atoms with Crippen LogP contribution in [0.4, 0.5) is 0 Å². The Bertz CT molecular complexity index is 1760. The zero-order valence-electron chi connectivity index (χ0n) is 41.5. The molecular weight excluding hydrogens is 1020 g/mol. The molecule has 0 aromatic heterocycles. The van der Waals surface area contributed by atoms with Gasteiger partial charge in [0.25, 0.3) is 0 Å². The van der Waals surface area contributed by atoms with Gasteiger partial charge in [0, 0.05) is 6.92 Å². The second-order valence-electron chi connectivity index (χ2n) is 18.8. The molecule has 0 bridgehead atoms. The van der Waals surface area contributed by atoms with Gasteiger partial charge in [-0.05, 0) is 12.8 Å². The lowest BCUT2D eigenvalue weighted by Crippen LogP contribution is -2.70. The number of amides is 2. The van der Waals surface area contributed by atoms with E-state index in [9.17, 15) is 83.8 Å². The largest absolute Gasteiger partial charge is 0.397 e. The Morgan fingerprint density at radius 3 is 1.65 bits per heavy atom. The minimum atomic E-state index is -5.59. The average molecular weight is 1100 g/mol. The summed E-state index contributed by atoms with van der Waals surface area (Å²) in [6, 6.07) is -2.85. The molecule has 0 aromatic carbocycles. The zero-order chi connectivity index (χ0) is 54.7. The molecule has 4 aliphatic heterocycles. The van der Waals surface area contributed by atoms with Crippen molar-refractivity contribution in [1.29, 1.82) is 0 Å². The second-order valence-corrected chi connectivity index (χ2v) is 19.9. The molecule has 4 saturated heterocycles. The highest BCUT2D eigenvalue weighted by molar-refractivity contribution is 7.80. The van der Waals surface area contributed by atoms with Gasteiger partial charge in [-0.2, -0.15) is 8.42 Å². The standard InChI is InChI=1S/C45H80N2O26S/c1-3-4-5-6-7-8-9-10-11-12-13-14-15-16-25(54)24(46-22-52)21-65-43-36(60)34(58)38(28(19-50)68-43)70-45-37(61)41(73-74(62,63)64)39(29(20-51)69-45)71-42-30(47-23(2)53)40(32(56)27(18-49)66-42)72-44-35(59)33(57)31(55)26(17-48)67-44/h15-16,22,24-45,48-51,54-61H,3-14,17-21H2,1-2H3,(H,46,52)(H,47,53)(H,62,63,64)/b16-15+/t24-,25+,26+,27+,28+,29+,30+,31-,32-,33-,34+,35+,36+,37+,38+,39-,40+,41+,42-,43+,44-,45-/m0/s1. The van der Waals surface area contributed by atoms with Crippen LogP contribution in [0.2, 0.25) is 0 Å². The van der Waals surface area contributed by atoms with E-state index in [1.165, 1.54) is 51.0 Å². The van der Waals surface area contributed by atoms with Gasteiger partial charge in [0.2, 0.25) is 12.3 Å². The smallest absolute Gasteiger partial charge is 0.394 e. The molecule has 0 aliphatic carbocycles. The Balaban J connectivity index is 1.44. The van der Waals surface area contributed by atoms with Crippen molar-refractivity contribution in [3.8, 4) is 0 Å². The van der Waals surface area contributed by atoms with E-state index >= 15 is 0 Å². The summed E-state index contributed by atoms with van der Waals surface area (Å²) >= 11 is 0. The van der Waals surface area contributed by atoms with E-state index in [1.807, 2.05) is 0 Å². The van der Waals surface area contributed by atoms with Crippen molar-refractivity contribution in [3.05, 3.63) is 12.2 Å². The van der Waals surface area contributed by atoms with E-state index in [1.54, 1.807) is 6.08 Å². The maximum absolute atomic E-state index is 12.6. The van der Waals surface area contributed by atoms with Gasteiger partial charge in [0.15, 0.2) is 25.2 Å². The van der Waals surface area contributed by atoms with Crippen molar-refractivity contribution in [1.82, 2.24) is 10.6 Å². The molecule has 74 heavy (non-hydrogen) atoms. The van der Waals surface area contributed by atoms with E-state index < -0.39 is 184 Å². The summed E-state index contributed by atoms with van der Waals surface area (Å²) < 4.78 is 84.8. The Morgan fingerprint density at radius 1 is 0.595 bits per heavy atom. The molecular formula is C45H80N2O26S. The minimum Gasteiger partial charge on any atom is -0.394 e. The topological polar surface area (TPSA) is 438 Å². The first-order valence-electron chi connectivity index (χ1n) is 25.1. The third kappa shape index (κ3) is 18.4. The van der Waals surface area contributed by atoms with Crippen LogP contribution >= 0.6 is 0 Å². The number of hydrogen-bond donors (Lipinski definition) is 15. The molecule has 0 spiro atoms. The van der Waals surface area contributed by atoms with Crippen LogP contribution in [0.15, 0.2) is 12.2 Å². The highest BCUT2D eigenvalue weighted by Crippen LogP contribution is 2.36. The van der Waals surface area contributed by atoms with Crippen LogP contribution in [0, 0.1) is 0 Å². The lowest BCUT2D eigenvalue weighted by Gasteiger charge is -2.50. The SMILES string of the molecule is CCCCCCCCCCCCC/C=C/[C@@H](O)[C@H](CO[C@@H]1O[C@H](CO)[C@@H](O[C@@H]2O[C@H](CO)[C@H](O[C@@H]3O[C@H](CO)[C@H](O)[C@H](O[C@@H]4O[C@H](CO)[C@H](O)[C@H](O)[C@H]4O)[C@H]3NC(C)=O)[C@H](OS(=O)(=O)O)[C@H]2O)[C@H](O)[C@H]1O)NC=O. The fourth-order valence-electron chi connectivity index (χ4n) is 9.13. The van der Waals surface area contributed by atoms with Crippen LogP contribution < -0.4 is 10.6 Å². The maximum atomic E-state index is 12.6. The molecule has 22 atom stereocenters. The Morgan fingerprint density at radius 2 is 1.08 bits per heavy atom. The van der Waals surface area contributed by atoms with Crippen LogP contribution in [0.25, 0.3) is 0 Å². The fourth-order valence-corrected chi connectivity index (χ4v) is 9.64. The summed E-state index contributed by atoms with van der Waals surface area (Å²) in [6.07, 6.45) is -21.2. The number of carbonyl (C=O) groups is 2. The van der Waals surface area contributed by atoms with Crippen molar-refractivity contribution in [2.75, 3.05) is 33.0 Å². The summed E-state index contributed by atoms with van der Waals surface area (Å²) in [5, 5.41) is 133. The van der Waals surface area contributed by atoms with Crippen LogP contribution in [0.1, 0.15) is 90.9 Å². The summed E-state index contributed by atoms with van der Waals surface area (Å²) in [7, 11) is -5.59. The predicted octanol–water partition coefficient (Wildman–Crippen LogP) is -5.02. The van der Waals surface area contributed by atoms with Gasteiger partial charge in [0.1, 0.15) is 97.6 Å². The Kier molecular flexibility index (Phi) is 27.8. The van der Waals surface area contributed by atoms with Crippen LogP contribution in [-0.2, 0) is 62.1 Å². The summed E-state index contributed by atoms with van der Waals surface area (Å²) in [5.41, 5.74) is 0. The van der Waals surface area contributed by atoms with Gasteiger partial charge in [0.05, 0.1) is 45.2 Å². The molecule has 0 radical (unpaired) electrons. The molecule has 0 aromatic rings. The molecule has 28 nitrogen and oxygen atoms in total. The molecule has 2 amide bonds. The molecule has 0 unspecified atom stereocenters. The first-order chi connectivity index (χ1) is 35.2. The van der Waals surface area contributed by atoms with E-state index in [-0.39, 0.29) is 0 Å². The molecule has 4 rings (SSSR count). The second kappa shape index (κ2) is 32.0. The van der Waals surface area contributed by atoms with Gasteiger partial charge < -0.3 is 110 Å². The first-order valence-corrected chi connectivity index (χ1v) is 26.5. The third-order valence-corrected chi connectivity index (χ3v) is 13.7. The van der Waals surface area contributed by atoms with Crippen molar-refractivity contribution in [2.45, 2.75) is 226 Å². The van der Waals surface area contributed by atoms with E-state index in [2.05, 4.69) is 17.6 Å². The summed E-state index contributed by atoms with van der Waals surface area (Å²) in [4.78, 5) is 24.0. The highest BCUT2D eigenvalue weighted by atomic mass is 32.3. The molecule has 432 valence electrons. The predicted molar refractivity (Wildman–Crippen MR) is 249 cm³/mol. The number of carbonyl (C=O) groups excluding carboxylic acids is 2. The maximum Gasteiger partial charge on any atom is 0.397 e. The van der Waals surface area contributed by atoms with Gasteiger partial charge in [-0.25, -0.2) is 4.18 Å².